The fourth-order valence-corrected chi connectivity index (χ4v) is 1.78. The Morgan fingerprint density at radius 1 is 1.24 bits per heavy atom. The van der Waals surface area contributed by atoms with Crippen LogP contribution >= 0.6 is 0 Å². The standard InChI is InChI=1S/C13H12N2O2/c1-9-6-10(2)13(14-8-9)11-4-3-5-12(7-11)15(16)17/h3-8H,1-2H3. The zero-order valence-corrected chi connectivity index (χ0v) is 9.68. The summed E-state index contributed by atoms with van der Waals surface area (Å²) >= 11 is 0. The first kappa shape index (κ1) is 11.3. The van der Waals surface area contributed by atoms with E-state index in [-0.39, 0.29) is 5.69 Å². The fourth-order valence-electron chi connectivity index (χ4n) is 1.78. The zero-order chi connectivity index (χ0) is 12.4. The van der Waals surface area contributed by atoms with Crippen molar-refractivity contribution in [3.05, 3.63) is 57.8 Å². The third-order valence-electron chi connectivity index (χ3n) is 2.55. The molecule has 0 aliphatic carbocycles. The molecule has 0 atom stereocenters. The topological polar surface area (TPSA) is 56.0 Å². The van der Waals surface area contributed by atoms with E-state index in [0.29, 0.717) is 0 Å². The molecule has 1 heterocycles. The third-order valence-corrected chi connectivity index (χ3v) is 2.55. The average Bonchev–Trinajstić information content (AvgIpc) is 2.29. The summed E-state index contributed by atoms with van der Waals surface area (Å²) in [5.74, 6) is 0. The molecule has 0 radical (unpaired) electrons. The molecule has 0 saturated carbocycles. The lowest BCUT2D eigenvalue weighted by Crippen LogP contribution is -1.92. The van der Waals surface area contributed by atoms with E-state index in [4.69, 9.17) is 0 Å². The van der Waals surface area contributed by atoms with Crippen LogP contribution in [0.25, 0.3) is 11.3 Å². The largest absolute Gasteiger partial charge is 0.270 e. The number of aryl methyl sites for hydroxylation is 2. The average molecular weight is 228 g/mol. The number of nitro groups is 1. The van der Waals surface area contributed by atoms with Crippen molar-refractivity contribution in [3.63, 3.8) is 0 Å². The summed E-state index contributed by atoms with van der Waals surface area (Å²) in [6.07, 6.45) is 1.77. The smallest absolute Gasteiger partial charge is 0.258 e. The van der Waals surface area contributed by atoms with Crippen LogP contribution in [0.15, 0.2) is 36.5 Å². The van der Waals surface area contributed by atoms with E-state index in [0.717, 1.165) is 22.4 Å². The van der Waals surface area contributed by atoms with E-state index in [1.165, 1.54) is 6.07 Å². The Labute approximate surface area is 99.1 Å². The van der Waals surface area contributed by atoms with Gasteiger partial charge >= 0.3 is 0 Å². The highest BCUT2D eigenvalue weighted by molar-refractivity contribution is 5.65. The van der Waals surface area contributed by atoms with Crippen LogP contribution in [0.4, 0.5) is 5.69 Å². The lowest BCUT2D eigenvalue weighted by molar-refractivity contribution is -0.384. The van der Waals surface area contributed by atoms with Crippen molar-refractivity contribution in [2.75, 3.05) is 0 Å². The second-order valence-electron chi connectivity index (χ2n) is 3.99. The van der Waals surface area contributed by atoms with Gasteiger partial charge in [-0.15, -0.1) is 0 Å². The second kappa shape index (κ2) is 4.33. The molecule has 17 heavy (non-hydrogen) atoms. The molecule has 1 aromatic carbocycles. The van der Waals surface area contributed by atoms with Gasteiger partial charge in [-0.25, -0.2) is 0 Å². The normalized spacial score (nSPS) is 10.2. The number of nitro benzene ring substituents is 1. The SMILES string of the molecule is Cc1cnc(-c2cccc([N+](=O)[O-])c2)c(C)c1. The summed E-state index contributed by atoms with van der Waals surface area (Å²) in [5, 5.41) is 10.7. The summed E-state index contributed by atoms with van der Waals surface area (Å²) in [6, 6.07) is 8.55. The van der Waals surface area contributed by atoms with Crippen LogP contribution in [0.3, 0.4) is 0 Å². The number of nitrogens with zero attached hydrogens (tertiary/aromatic N) is 2. The van der Waals surface area contributed by atoms with Crippen molar-refractivity contribution in [1.82, 2.24) is 4.98 Å². The van der Waals surface area contributed by atoms with Crippen molar-refractivity contribution < 1.29 is 4.92 Å². The minimum Gasteiger partial charge on any atom is -0.258 e. The van der Waals surface area contributed by atoms with Gasteiger partial charge in [0.2, 0.25) is 0 Å². The molecule has 0 amide bonds. The van der Waals surface area contributed by atoms with E-state index in [1.54, 1.807) is 18.3 Å². The molecule has 0 bridgehead atoms. The van der Waals surface area contributed by atoms with Crippen LogP contribution in [0.1, 0.15) is 11.1 Å². The number of hydrogen-bond acceptors (Lipinski definition) is 3. The Bertz CT molecular complexity index is 579. The van der Waals surface area contributed by atoms with E-state index in [9.17, 15) is 10.1 Å². The monoisotopic (exact) mass is 228 g/mol. The van der Waals surface area contributed by atoms with Gasteiger partial charge in [-0.05, 0) is 25.0 Å². The van der Waals surface area contributed by atoms with Gasteiger partial charge < -0.3 is 0 Å². The van der Waals surface area contributed by atoms with Crippen LogP contribution < -0.4 is 0 Å². The minimum atomic E-state index is -0.396. The number of rotatable bonds is 2. The van der Waals surface area contributed by atoms with Gasteiger partial charge in [-0.2, -0.15) is 0 Å². The van der Waals surface area contributed by atoms with Crippen LogP contribution in [-0.2, 0) is 0 Å². The molecule has 86 valence electrons. The Balaban J connectivity index is 2.53. The molecule has 1 aromatic heterocycles. The number of non-ortho nitro benzene ring substituents is 1. The highest BCUT2D eigenvalue weighted by atomic mass is 16.6. The molecule has 0 aliphatic heterocycles. The van der Waals surface area contributed by atoms with E-state index in [1.807, 2.05) is 26.0 Å². The molecule has 2 rings (SSSR count). The Morgan fingerprint density at radius 3 is 2.65 bits per heavy atom. The van der Waals surface area contributed by atoms with E-state index >= 15 is 0 Å². The van der Waals surface area contributed by atoms with Crippen molar-refractivity contribution in [2.45, 2.75) is 13.8 Å². The van der Waals surface area contributed by atoms with Gasteiger partial charge in [0.15, 0.2) is 0 Å². The van der Waals surface area contributed by atoms with Crippen LogP contribution in [0.2, 0.25) is 0 Å². The lowest BCUT2D eigenvalue weighted by atomic mass is 10.1. The van der Waals surface area contributed by atoms with Gasteiger partial charge in [0, 0.05) is 23.9 Å². The summed E-state index contributed by atoms with van der Waals surface area (Å²) < 4.78 is 0. The van der Waals surface area contributed by atoms with Gasteiger partial charge in [-0.1, -0.05) is 18.2 Å². The third kappa shape index (κ3) is 2.30. The quantitative estimate of drug-likeness (QED) is 0.585. The maximum absolute atomic E-state index is 10.7. The Hall–Kier alpha value is -2.23. The summed E-state index contributed by atoms with van der Waals surface area (Å²) in [7, 11) is 0. The molecule has 0 saturated heterocycles. The van der Waals surface area contributed by atoms with E-state index in [2.05, 4.69) is 4.98 Å². The van der Waals surface area contributed by atoms with Crippen LogP contribution in [-0.4, -0.2) is 9.91 Å². The number of benzene rings is 1. The molecule has 2 aromatic rings. The van der Waals surface area contributed by atoms with Crippen molar-refractivity contribution in [3.8, 4) is 11.3 Å². The molecule has 0 spiro atoms. The van der Waals surface area contributed by atoms with Gasteiger partial charge in [-0.3, -0.25) is 15.1 Å². The van der Waals surface area contributed by atoms with Gasteiger partial charge in [0.1, 0.15) is 0 Å². The molecule has 0 aliphatic rings. The molecular weight excluding hydrogens is 216 g/mol. The number of pyridine rings is 1. The molecular formula is C13H12N2O2. The maximum atomic E-state index is 10.7. The zero-order valence-electron chi connectivity index (χ0n) is 9.68. The maximum Gasteiger partial charge on any atom is 0.270 e. The van der Waals surface area contributed by atoms with Crippen LogP contribution in [0.5, 0.6) is 0 Å². The summed E-state index contributed by atoms with van der Waals surface area (Å²) in [5.41, 5.74) is 3.75. The molecule has 0 unspecified atom stereocenters. The molecule has 4 heteroatoms. The minimum absolute atomic E-state index is 0.0873. The number of hydrogen-bond donors (Lipinski definition) is 0. The van der Waals surface area contributed by atoms with Crippen molar-refractivity contribution in [1.29, 1.82) is 0 Å². The Morgan fingerprint density at radius 2 is 2.00 bits per heavy atom. The first-order valence-corrected chi connectivity index (χ1v) is 5.26. The fraction of sp³-hybridized carbons (Fsp3) is 0.154. The predicted molar refractivity (Wildman–Crippen MR) is 65.8 cm³/mol. The summed E-state index contributed by atoms with van der Waals surface area (Å²) in [6.45, 7) is 3.92. The highest BCUT2D eigenvalue weighted by Crippen LogP contribution is 2.24. The van der Waals surface area contributed by atoms with Gasteiger partial charge in [0.25, 0.3) is 5.69 Å². The first-order chi connectivity index (χ1) is 8.08. The molecule has 0 fully saturated rings. The molecule has 0 N–H and O–H groups in total. The van der Waals surface area contributed by atoms with E-state index < -0.39 is 4.92 Å². The Kier molecular flexibility index (Phi) is 2.87. The number of aromatic nitrogens is 1. The van der Waals surface area contributed by atoms with Crippen molar-refractivity contribution in [2.24, 2.45) is 0 Å². The lowest BCUT2D eigenvalue weighted by Gasteiger charge is -2.05. The first-order valence-electron chi connectivity index (χ1n) is 5.26. The highest BCUT2D eigenvalue weighted by Gasteiger charge is 2.09. The summed E-state index contributed by atoms with van der Waals surface area (Å²) in [4.78, 5) is 14.6. The predicted octanol–water partition coefficient (Wildman–Crippen LogP) is 3.27. The van der Waals surface area contributed by atoms with Gasteiger partial charge in [0.05, 0.1) is 10.6 Å². The van der Waals surface area contributed by atoms with Crippen molar-refractivity contribution >= 4 is 5.69 Å². The molecule has 4 nitrogen and oxygen atoms in total. The second-order valence-corrected chi connectivity index (χ2v) is 3.99. The van der Waals surface area contributed by atoms with Crippen LogP contribution in [0, 0.1) is 24.0 Å².